The molecule has 1 heterocycles. The number of hydrogen-bond donors (Lipinski definition) is 2. The summed E-state index contributed by atoms with van der Waals surface area (Å²) in [5.74, 6) is 1.37. The summed E-state index contributed by atoms with van der Waals surface area (Å²) in [4.78, 5) is 12.2. The molecule has 0 aromatic carbocycles. The van der Waals surface area contributed by atoms with Gasteiger partial charge in [0.05, 0.1) is 0 Å². The number of anilines is 1. The van der Waals surface area contributed by atoms with Crippen molar-refractivity contribution in [3.63, 3.8) is 0 Å². The quantitative estimate of drug-likeness (QED) is 0.804. The van der Waals surface area contributed by atoms with Crippen LogP contribution in [0.1, 0.15) is 48.8 Å². The van der Waals surface area contributed by atoms with E-state index in [2.05, 4.69) is 27.8 Å². The van der Waals surface area contributed by atoms with Gasteiger partial charge in [0, 0.05) is 12.6 Å². The van der Waals surface area contributed by atoms with E-state index in [4.69, 9.17) is 0 Å². The molecule has 0 unspecified atom stereocenters. The summed E-state index contributed by atoms with van der Waals surface area (Å²) in [6.45, 7) is 2.96. The van der Waals surface area contributed by atoms with Gasteiger partial charge in [0.1, 0.15) is 0 Å². The monoisotopic (exact) mass is 280 g/mol. The molecule has 2 saturated carbocycles. The van der Waals surface area contributed by atoms with Gasteiger partial charge < -0.3 is 10.6 Å². The van der Waals surface area contributed by atoms with E-state index in [1.54, 1.807) is 0 Å². The molecule has 19 heavy (non-hydrogen) atoms. The molecule has 0 saturated heterocycles. The van der Waals surface area contributed by atoms with E-state index >= 15 is 0 Å². The molecular formula is C13H20N4OS. The molecule has 2 N–H and O–H groups in total. The van der Waals surface area contributed by atoms with Crippen molar-refractivity contribution in [2.45, 2.75) is 45.1 Å². The summed E-state index contributed by atoms with van der Waals surface area (Å²) in [6.07, 6.45) is 6.09. The molecule has 2 aliphatic rings. The van der Waals surface area contributed by atoms with Crippen LogP contribution in [0.2, 0.25) is 0 Å². The molecule has 0 aliphatic heterocycles. The van der Waals surface area contributed by atoms with Gasteiger partial charge in [0.15, 0.2) is 0 Å². The Labute approximate surface area is 117 Å². The maximum atomic E-state index is 12.2. The first kappa shape index (κ1) is 12.8. The van der Waals surface area contributed by atoms with Crippen molar-refractivity contribution in [1.82, 2.24) is 15.5 Å². The average molecular weight is 280 g/mol. The van der Waals surface area contributed by atoms with Crippen LogP contribution < -0.4 is 10.6 Å². The highest BCUT2D eigenvalue weighted by molar-refractivity contribution is 7.17. The first-order valence-corrected chi connectivity index (χ1v) is 7.98. The van der Waals surface area contributed by atoms with Crippen molar-refractivity contribution in [2.24, 2.45) is 11.8 Å². The highest BCUT2D eigenvalue weighted by Crippen LogP contribution is 2.44. The minimum absolute atomic E-state index is 0.0501. The zero-order chi connectivity index (χ0) is 13.2. The molecule has 1 amide bonds. The number of nitrogens with zero attached hydrogens (tertiary/aromatic N) is 2. The van der Waals surface area contributed by atoms with Gasteiger partial charge >= 0.3 is 0 Å². The lowest BCUT2D eigenvalue weighted by atomic mass is 10.1. The second-order valence-electron chi connectivity index (χ2n) is 5.51. The molecular weight excluding hydrogens is 260 g/mol. The van der Waals surface area contributed by atoms with Crippen LogP contribution in [0.5, 0.6) is 0 Å². The van der Waals surface area contributed by atoms with Gasteiger partial charge in [-0.05, 0) is 43.9 Å². The van der Waals surface area contributed by atoms with Gasteiger partial charge in [-0.15, -0.1) is 10.2 Å². The molecule has 3 rings (SSSR count). The standard InChI is InChI=1S/C13H20N4OS/c1-2-7-14-13-17-16-12(19-13)11(18)15-10(8-3-4-8)9-5-6-9/h8-10H,2-7H2,1H3,(H,14,17)(H,15,18). The number of nitrogens with one attached hydrogen (secondary N) is 2. The lowest BCUT2D eigenvalue weighted by Gasteiger charge is -2.16. The van der Waals surface area contributed by atoms with E-state index in [1.807, 2.05) is 0 Å². The number of hydrogen-bond acceptors (Lipinski definition) is 5. The third-order valence-corrected chi connectivity index (χ3v) is 4.58. The molecule has 0 spiro atoms. The molecule has 2 aliphatic carbocycles. The van der Waals surface area contributed by atoms with Gasteiger partial charge in [-0.25, -0.2) is 0 Å². The van der Waals surface area contributed by atoms with Gasteiger partial charge in [0.25, 0.3) is 5.91 Å². The van der Waals surface area contributed by atoms with E-state index in [1.165, 1.54) is 37.0 Å². The zero-order valence-electron chi connectivity index (χ0n) is 11.2. The smallest absolute Gasteiger partial charge is 0.282 e. The van der Waals surface area contributed by atoms with Crippen LogP contribution in [0.25, 0.3) is 0 Å². The molecule has 0 atom stereocenters. The van der Waals surface area contributed by atoms with Gasteiger partial charge in [-0.3, -0.25) is 4.79 Å². The lowest BCUT2D eigenvalue weighted by Crippen LogP contribution is -2.38. The zero-order valence-corrected chi connectivity index (χ0v) is 12.0. The van der Waals surface area contributed by atoms with Crippen molar-refractivity contribution in [1.29, 1.82) is 0 Å². The number of carbonyl (C=O) groups is 1. The fourth-order valence-corrected chi connectivity index (χ4v) is 3.04. The molecule has 104 valence electrons. The molecule has 0 radical (unpaired) electrons. The number of rotatable bonds is 7. The molecule has 5 nitrogen and oxygen atoms in total. The fraction of sp³-hybridized carbons (Fsp3) is 0.769. The van der Waals surface area contributed by atoms with Crippen LogP contribution in [0, 0.1) is 11.8 Å². The second-order valence-corrected chi connectivity index (χ2v) is 6.49. The van der Waals surface area contributed by atoms with E-state index < -0.39 is 0 Å². The van der Waals surface area contributed by atoms with Crippen molar-refractivity contribution in [3.8, 4) is 0 Å². The van der Waals surface area contributed by atoms with Gasteiger partial charge in [0.2, 0.25) is 10.1 Å². The minimum atomic E-state index is -0.0501. The molecule has 2 fully saturated rings. The number of amides is 1. The highest BCUT2D eigenvalue weighted by atomic mass is 32.1. The maximum absolute atomic E-state index is 12.2. The Bertz CT molecular complexity index is 441. The minimum Gasteiger partial charge on any atom is -0.360 e. The predicted octanol–water partition coefficient (Wildman–Crippen LogP) is 2.28. The van der Waals surface area contributed by atoms with Crippen LogP contribution in [-0.2, 0) is 0 Å². The first-order valence-electron chi connectivity index (χ1n) is 7.16. The van der Waals surface area contributed by atoms with Crippen molar-refractivity contribution in [2.75, 3.05) is 11.9 Å². The van der Waals surface area contributed by atoms with Crippen molar-refractivity contribution < 1.29 is 4.79 Å². The van der Waals surface area contributed by atoms with Crippen molar-refractivity contribution in [3.05, 3.63) is 5.01 Å². The van der Waals surface area contributed by atoms with E-state index in [0.29, 0.717) is 22.9 Å². The summed E-state index contributed by atoms with van der Waals surface area (Å²) < 4.78 is 0. The first-order chi connectivity index (χ1) is 9.28. The Kier molecular flexibility index (Phi) is 3.68. The SMILES string of the molecule is CCCNc1nnc(C(=O)NC(C2CC2)C2CC2)s1. The number of carbonyl (C=O) groups excluding carboxylic acids is 1. The van der Waals surface area contributed by atoms with Crippen LogP contribution in [0.4, 0.5) is 5.13 Å². The van der Waals surface area contributed by atoms with Crippen LogP contribution in [0.3, 0.4) is 0 Å². The van der Waals surface area contributed by atoms with Crippen LogP contribution in [0.15, 0.2) is 0 Å². The van der Waals surface area contributed by atoms with E-state index in [9.17, 15) is 4.79 Å². The molecule has 6 heteroatoms. The summed E-state index contributed by atoms with van der Waals surface area (Å²) >= 11 is 1.34. The maximum Gasteiger partial charge on any atom is 0.282 e. The Morgan fingerprint density at radius 3 is 2.58 bits per heavy atom. The summed E-state index contributed by atoms with van der Waals surface area (Å²) in [7, 11) is 0. The summed E-state index contributed by atoms with van der Waals surface area (Å²) in [5.41, 5.74) is 0. The third-order valence-electron chi connectivity index (χ3n) is 3.70. The Balaban J connectivity index is 1.58. The molecule has 0 bridgehead atoms. The third kappa shape index (κ3) is 3.23. The van der Waals surface area contributed by atoms with Crippen LogP contribution in [-0.4, -0.2) is 28.7 Å². The average Bonchev–Trinajstić information content (AvgIpc) is 3.32. The fourth-order valence-electron chi connectivity index (χ4n) is 2.36. The molecule has 1 aromatic rings. The summed E-state index contributed by atoms with van der Waals surface area (Å²) in [5, 5.41) is 15.5. The molecule has 1 aromatic heterocycles. The lowest BCUT2D eigenvalue weighted by molar-refractivity contribution is 0.0925. The van der Waals surface area contributed by atoms with Crippen LogP contribution >= 0.6 is 11.3 Å². The van der Waals surface area contributed by atoms with Crippen molar-refractivity contribution >= 4 is 22.4 Å². The van der Waals surface area contributed by atoms with E-state index in [-0.39, 0.29) is 5.91 Å². The Morgan fingerprint density at radius 2 is 2.00 bits per heavy atom. The van der Waals surface area contributed by atoms with Gasteiger partial charge in [-0.1, -0.05) is 18.3 Å². The Hall–Kier alpha value is -1.17. The highest BCUT2D eigenvalue weighted by Gasteiger charge is 2.42. The second kappa shape index (κ2) is 5.45. The number of aromatic nitrogens is 2. The topological polar surface area (TPSA) is 66.9 Å². The largest absolute Gasteiger partial charge is 0.360 e. The Morgan fingerprint density at radius 1 is 1.32 bits per heavy atom. The predicted molar refractivity (Wildman–Crippen MR) is 75.4 cm³/mol. The summed E-state index contributed by atoms with van der Waals surface area (Å²) in [6, 6.07) is 0.378. The normalized spacial score (nSPS) is 18.6. The van der Waals surface area contributed by atoms with Gasteiger partial charge in [-0.2, -0.15) is 0 Å². The van der Waals surface area contributed by atoms with E-state index in [0.717, 1.165) is 18.1 Å².